The summed E-state index contributed by atoms with van der Waals surface area (Å²) in [5, 5.41) is 0. The molecule has 0 aliphatic heterocycles. The molecule has 2 rings (SSSR count). The van der Waals surface area contributed by atoms with E-state index in [0.29, 0.717) is 0 Å². The third-order valence-electron chi connectivity index (χ3n) is 4.72. The fourth-order valence-electron chi connectivity index (χ4n) is 3.87. The van der Waals surface area contributed by atoms with Crippen molar-refractivity contribution in [3.05, 3.63) is 41.1 Å². The van der Waals surface area contributed by atoms with Gasteiger partial charge < -0.3 is 0 Å². The molecule has 20 heavy (non-hydrogen) atoms. The molecule has 0 amide bonds. The van der Waals surface area contributed by atoms with E-state index in [9.17, 15) is 0 Å². The zero-order chi connectivity index (χ0) is 13.7. The van der Waals surface area contributed by atoms with Gasteiger partial charge in [0.05, 0.1) is 0 Å². The number of hydrogen-bond acceptors (Lipinski definition) is 0. The zero-order valence-electron chi connectivity index (χ0n) is 13.6. The predicted octanol–water partition coefficient (Wildman–Crippen LogP) is 5.41. The minimum atomic E-state index is -2.97. The van der Waals surface area contributed by atoms with Crippen LogP contribution in [0.2, 0.25) is 9.36 Å². The van der Waals surface area contributed by atoms with Crippen LogP contribution in [-0.4, -0.2) is 6.94 Å². The summed E-state index contributed by atoms with van der Waals surface area (Å²) in [5.74, 6) is 0. The Hall–Kier alpha value is 0.627. The molecule has 0 heterocycles. The molecule has 0 saturated carbocycles. The van der Waals surface area contributed by atoms with Crippen molar-refractivity contribution in [1.29, 1.82) is 0 Å². The van der Waals surface area contributed by atoms with Gasteiger partial charge in [0, 0.05) is 0 Å². The Morgan fingerprint density at radius 1 is 0.800 bits per heavy atom. The van der Waals surface area contributed by atoms with Gasteiger partial charge in [0.25, 0.3) is 0 Å². The van der Waals surface area contributed by atoms with Gasteiger partial charge in [0.2, 0.25) is 0 Å². The normalized spacial score (nSPS) is 19.6. The smallest absolute Gasteiger partial charge is 0.147 e. The van der Waals surface area contributed by atoms with Gasteiger partial charge >= 0.3 is 115 Å². The van der Waals surface area contributed by atoms with Gasteiger partial charge in [0.1, 0.15) is 0 Å². The summed E-state index contributed by atoms with van der Waals surface area (Å²) in [6.45, 7) is 11.6. The Kier molecular flexibility index (Phi) is 6.60. The van der Waals surface area contributed by atoms with Gasteiger partial charge in [-0.2, -0.15) is 0 Å². The van der Waals surface area contributed by atoms with E-state index in [2.05, 4.69) is 56.1 Å². The Labute approximate surface area is 139 Å². The van der Waals surface area contributed by atoms with Crippen molar-refractivity contribution in [1.82, 2.24) is 0 Å². The topological polar surface area (TPSA) is 0 Å². The first kappa shape index (κ1) is 20.6. The third kappa shape index (κ3) is 3.51. The second-order valence-electron chi connectivity index (χ2n) is 7.34. The molecule has 0 aromatic heterocycles. The van der Waals surface area contributed by atoms with Crippen LogP contribution in [0.1, 0.15) is 40.5 Å². The molecule has 4 heteroatoms. The fourth-order valence-corrected chi connectivity index (χ4v) is 27.5. The summed E-state index contributed by atoms with van der Waals surface area (Å²) in [4.78, 5) is 0. The first-order chi connectivity index (χ1) is 8.10. The molecule has 2 aliphatic rings. The molecule has 0 aromatic rings. The molecule has 0 bridgehead atoms. The van der Waals surface area contributed by atoms with Crippen LogP contribution in [0.5, 0.6) is 0 Å². The SMILES string of the molecule is CC1=CC(C)=[C]([Hf]([CH3])([CH3])(=[SiH2])[C]2=C(C)C=C(C)C2)C1.Cl.Cl. The van der Waals surface area contributed by atoms with Crippen LogP contribution < -0.4 is 0 Å². The standard InChI is InChI=1S/2C7H9.2CH3.2ClH.Hf.H2Si/c2*1-6-3-4-7(2)5-6;;;;;;/h2*5H,3H2,1-2H3;2*1H3;2*1H;;1H2. The van der Waals surface area contributed by atoms with E-state index in [1.807, 2.05) is 6.66 Å². The fraction of sp³-hybridized carbons (Fsp3) is 0.500. The molecule has 0 N–H and O–H groups in total. The van der Waals surface area contributed by atoms with Crippen LogP contribution in [0.4, 0.5) is 0 Å². The van der Waals surface area contributed by atoms with Gasteiger partial charge in [-0.1, -0.05) is 0 Å². The monoisotopic (exact) mass is 498 g/mol. The summed E-state index contributed by atoms with van der Waals surface area (Å²) in [6.07, 6.45) is 7.32. The maximum atomic E-state index is 2.65. The molecule has 0 saturated heterocycles. The van der Waals surface area contributed by atoms with E-state index in [-0.39, 0.29) is 24.8 Å². The average molecular weight is 498 g/mol. The van der Waals surface area contributed by atoms with Crippen molar-refractivity contribution in [3.63, 3.8) is 0 Å². The minimum Gasteiger partial charge on any atom is -0.147 e. The molecular weight excluding hydrogens is 470 g/mol. The van der Waals surface area contributed by atoms with Crippen molar-refractivity contribution in [2.24, 2.45) is 0 Å². The average Bonchev–Trinajstić information content (AvgIpc) is 2.70. The number of allylic oxidation sites excluding steroid dienone is 8. The molecule has 114 valence electrons. The minimum absolute atomic E-state index is 0. The Morgan fingerprint density at radius 3 is 1.30 bits per heavy atom. The van der Waals surface area contributed by atoms with Crippen molar-refractivity contribution < 1.29 is 17.1 Å². The zero-order valence-corrected chi connectivity index (χ0v) is 20.2. The van der Waals surface area contributed by atoms with E-state index in [1.165, 1.54) is 12.8 Å². The van der Waals surface area contributed by atoms with Crippen molar-refractivity contribution in [3.8, 4) is 0 Å². The molecule has 0 aromatic carbocycles. The van der Waals surface area contributed by atoms with E-state index in [4.69, 9.17) is 0 Å². The first-order valence-corrected chi connectivity index (χ1v) is 26.0. The van der Waals surface area contributed by atoms with Crippen LogP contribution in [0, 0.1) is 0 Å². The number of hydrogen-bond donors (Lipinski definition) is 0. The summed E-state index contributed by atoms with van der Waals surface area (Å²) in [7, 11) is 0. The quantitative estimate of drug-likeness (QED) is 0.447. The van der Waals surface area contributed by atoms with E-state index < -0.39 is 17.1 Å². The molecule has 0 nitrogen and oxygen atoms in total. The molecule has 0 spiro atoms. The second-order valence-corrected chi connectivity index (χ2v) is 48.3. The van der Waals surface area contributed by atoms with Gasteiger partial charge in [-0.15, -0.1) is 24.8 Å². The largest absolute Gasteiger partial charge is 0.147 e. The Balaban J connectivity index is 0.00000180. The molecule has 2 aliphatic carbocycles. The molecular formula is C16H28Cl2HfSi. The Bertz CT molecular complexity index is 564. The Morgan fingerprint density at radius 2 is 1.10 bits per heavy atom. The second kappa shape index (κ2) is 6.40. The summed E-state index contributed by atoms with van der Waals surface area (Å²) in [6, 6.07) is 0. The van der Waals surface area contributed by atoms with Crippen molar-refractivity contribution in [2.75, 3.05) is 0 Å². The molecule has 0 radical (unpaired) electrons. The molecule has 0 unspecified atom stereocenters. The van der Waals surface area contributed by atoms with Gasteiger partial charge in [-0.25, -0.2) is 0 Å². The van der Waals surface area contributed by atoms with Crippen molar-refractivity contribution >= 4 is 31.8 Å². The van der Waals surface area contributed by atoms with Gasteiger partial charge in [0.15, 0.2) is 0 Å². The number of rotatable bonds is 2. The van der Waals surface area contributed by atoms with Crippen LogP contribution in [-0.2, 0) is 17.1 Å². The summed E-state index contributed by atoms with van der Waals surface area (Å²) >= 11 is -2.97. The van der Waals surface area contributed by atoms with E-state index >= 15 is 0 Å². The van der Waals surface area contributed by atoms with Crippen LogP contribution in [0.3, 0.4) is 0 Å². The van der Waals surface area contributed by atoms with E-state index in [1.54, 1.807) is 22.3 Å². The van der Waals surface area contributed by atoms with Crippen molar-refractivity contribution in [2.45, 2.75) is 49.9 Å². The third-order valence-corrected chi connectivity index (χ3v) is 29.7. The van der Waals surface area contributed by atoms with Crippen LogP contribution in [0.15, 0.2) is 41.1 Å². The maximum absolute atomic E-state index is 2.97. The van der Waals surface area contributed by atoms with Gasteiger partial charge in [-0.3, -0.25) is 0 Å². The van der Waals surface area contributed by atoms with Gasteiger partial charge in [-0.05, 0) is 0 Å². The maximum Gasteiger partial charge on any atom is -0.147 e. The molecule has 0 atom stereocenters. The predicted molar refractivity (Wildman–Crippen MR) is 96.9 cm³/mol. The summed E-state index contributed by atoms with van der Waals surface area (Å²) in [5.41, 5.74) is 6.27. The van der Waals surface area contributed by atoms with Crippen LogP contribution in [0.25, 0.3) is 0 Å². The summed E-state index contributed by atoms with van der Waals surface area (Å²) < 4.78 is 8.96. The number of halogens is 2. The van der Waals surface area contributed by atoms with Crippen LogP contribution >= 0.6 is 24.8 Å². The molecule has 0 fully saturated rings. The van der Waals surface area contributed by atoms with E-state index in [0.717, 1.165) is 0 Å². The first-order valence-electron chi connectivity index (χ1n) is 6.92.